The van der Waals surface area contributed by atoms with E-state index in [2.05, 4.69) is 33.1 Å². The maximum atomic E-state index is 13.2. The Morgan fingerprint density at radius 1 is 0.956 bits per heavy atom. The Hall–Kier alpha value is -4.10. The largest absolute Gasteiger partial charge is 0.481 e. The average Bonchev–Trinajstić information content (AvgIpc) is 3.41. The molecule has 0 spiro atoms. The van der Waals surface area contributed by atoms with Crippen molar-refractivity contribution in [1.29, 1.82) is 0 Å². The smallest absolute Gasteiger partial charge is 0.446 e. The fraction of sp³-hybridized carbons (Fsp3) is 0.312. The number of urea groups is 1. The fourth-order valence-corrected chi connectivity index (χ4v) is 6.94. The van der Waals surface area contributed by atoms with Crippen LogP contribution in [0.3, 0.4) is 0 Å². The molecule has 0 aliphatic heterocycles. The second-order valence-electron chi connectivity index (χ2n) is 10.8. The second-order valence-corrected chi connectivity index (χ2v) is 12.9. The molecular weight excluding hydrogens is 626 g/mol. The summed E-state index contributed by atoms with van der Waals surface area (Å²) >= 11 is 0.861. The summed E-state index contributed by atoms with van der Waals surface area (Å²) in [6.07, 6.45) is 5.79. The Morgan fingerprint density at radius 2 is 1.62 bits per heavy atom. The number of carbonyl (C=O) groups excluding carboxylic acids is 2. The number of nitrogens with one attached hydrogen (secondary N) is 3. The van der Waals surface area contributed by atoms with Gasteiger partial charge in [-0.1, -0.05) is 67.0 Å². The quantitative estimate of drug-likeness (QED) is 0.128. The Balaban J connectivity index is 1.34. The number of amides is 3. The van der Waals surface area contributed by atoms with Crippen LogP contribution in [0.2, 0.25) is 0 Å². The number of hydrogen-bond donors (Lipinski definition) is 4. The van der Waals surface area contributed by atoms with E-state index >= 15 is 0 Å². The van der Waals surface area contributed by atoms with E-state index in [1.165, 1.54) is 43.0 Å². The van der Waals surface area contributed by atoms with Gasteiger partial charge in [-0.2, -0.15) is 13.2 Å². The molecule has 0 saturated heterocycles. The molecule has 1 atom stereocenters. The third kappa shape index (κ3) is 8.98. The number of aromatic nitrogens is 1. The lowest BCUT2D eigenvalue weighted by atomic mass is 9.83. The zero-order valence-electron chi connectivity index (χ0n) is 24.0. The minimum atomic E-state index is -4.41. The van der Waals surface area contributed by atoms with E-state index in [0.717, 1.165) is 29.7 Å². The van der Waals surface area contributed by atoms with Gasteiger partial charge in [0, 0.05) is 17.0 Å². The van der Waals surface area contributed by atoms with Crippen LogP contribution in [0.25, 0.3) is 10.2 Å². The highest BCUT2D eigenvalue weighted by atomic mass is 32.2. The Bertz CT molecular complexity index is 1650. The molecule has 1 aliphatic carbocycles. The van der Waals surface area contributed by atoms with Crippen molar-refractivity contribution < 1.29 is 32.7 Å². The van der Waals surface area contributed by atoms with E-state index in [9.17, 15) is 27.6 Å². The zero-order chi connectivity index (χ0) is 32.0. The van der Waals surface area contributed by atoms with Crippen LogP contribution in [0.5, 0.6) is 0 Å². The summed E-state index contributed by atoms with van der Waals surface area (Å²) in [4.78, 5) is 40.8. The minimum absolute atomic E-state index is 0.00184. The van der Waals surface area contributed by atoms with Crippen molar-refractivity contribution in [1.82, 2.24) is 15.6 Å². The molecule has 3 amide bonds. The number of rotatable bonds is 10. The van der Waals surface area contributed by atoms with Crippen molar-refractivity contribution in [2.45, 2.75) is 60.9 Å². The minimum Gasteiger partial charge on any atom is -0.481 e. The number of carboxylic acid groups (broad SMARTS) is 1. The Morgan fingerprint density at radius 3 is 2.27 bits per heavy atom. The summed E-state index contributed by atoms with van der Waals surface area (Å²) in [6, 6.07) is 17.9. The predicted molar refractivity (Wildman–Crippen MR) is 169 cm³/mol. The van der Waals surface area contributed by atoms with Gasteiger partial charge in [0.25, 0.3) is 5.91 Å². The zero-order valence-corrected chi connectivity index (χ0v) is 25.7. The fourth-order valence-electron chi connectivity index (χ4n) is 5.39. The first-order chi connectivity index (χ1) is 21.5. The van der Waals surface area contributed by atoms with Crippen LogP contribution in [-0.4, -0.2) is 40.1 Å². The number of carboxylic acids is 1. The number of thioether (sulfide) groups is 1. The number of hydrogen-bond acceptors (Lipinski definition) is 6. The number of nitrogens with zero attached hydrogens (tertiary/aromatic N) is 1. The lowest BCUT2D eigenvalue weighted by Crippen LogP contribution is -2.33. The average molecular weight is 657 g/mol. The molecule has 8 nitrogen and oxygen atoms in total. The van der Waals surface area contributed by atoms with Crippen LogP contribution in [0.1, 0.15) is 77.5 Å². The van der Waals surface area contributed by atoms with Crippen LogP contribution in [0, 0.1) is 0 Å². The van der Waals surface area contributed by atoms with Gasteiger partial charge in [-0.3, -0.25) is 14.9 Å². The van der Waals surface area contributed by atoms with E-state index in [-0.39, 0.29) is 34.8 Å². The molecule has 1 saturated carbocycles. The highest BCUT2D eigenvalue weighted by molar-refractivity contribution is 8.00. The second kappa shape index (κ2) is 14.3. The number of halogens is 3. The van der Waals surface area contributed by atoms with Crippen molar-refractivity contribution in [3.63, 3.8) is 0 Å². The number of benzene rings is 3. The topological polar surface area (TPSA) is 120 Å². The van der Waals surface area contributed by atoms with Gasteiger partial charge in [0.15, 0.2) is 5.13 Å². The summed E-state index contributed by atoms with van der Waals surface area (Å²) in [5.41, 5.74) is -0.818. The molecule has 3 aromatic carbocycles. The SMILES string of the molecule is O=C(O)CCNC(=O)c1ccc(C(NC(=O)Nc2nc3ccc(SC(F)(F)F)cc3s2)c2ccc(C3CCCCC3)cc2)cc1. The summed E-state index contributed by atoms with van der Waals surface area (Å²) < 4.78 is 39.0. The predicted octanol–water partition coefficient (Wildman–Crippen LogP) is 8.07. The number of anilines is 1. The standard InChI is InChI=1S/C32H31F3N4O4S2/c33-32(34,35)45-24-14-15-25-26(18-24)44-31(37-25)39-30(43)38-28(21-8-6-20(7-9-21)19-4-2-1-3-5-19)22-10-12-23(13-11-22)29(42)36-17-16-27(40)41/h6-15,18-19,28H,1-5,16-17H2,(H,36,42)(H,40,41)(H2,37,38,39,43). The van der Waals surface area contributed by atoms with Gasteiger partial charge in [-0.25, -0.2) is 9.78 Å². The lowest BCUT2D eigenvalue weighted by molar-refractivity contribution is -0.136. The highest BCUT2D eigenvalue weighted by Gasteiger charge is 2.29. The first-order valence-corrected chi connectivity index (χ1v) is 16.1. The Kier molecular flexibility index (Phi) is 10.3. The number of alkyl halides is 3. The maximum absolute atomic E-state index is 13.2. The van der Waals surface area contributed by atoms with Crippen molar-refractivity contribution in [3.05, 3.63) is 89.0 Å². The van der Waals surface area contributed by atoms with Crippen LogP contribution in [0.4, 0.5) is 23.1 Å². The number of carbonyl (C=O) groups is 3. The van der Waals surface area contributed by atoms with E-state index in [0.29, 0.717) is 27.3 Å². The number of thiazole rings is 1. The monoisotopic (exact) mass is 656 g/mol. The van der Waals surface area contributed by atoms with Crippen LogP contribution in [-0.2, 0) is 4.79 Å². The molecule has 4 aromatic rings. The highest BCUT2D eigenvalue weighted by Crippen LogP contribution is 2.39. The molecule has 0 bridgehead atoms. The number of aliphatic carboxylic acids is 1. The summed E-state index contributed by atoms with van der Waals surface area (Å²) in [6.45, 7) is 0.00184. The molecule has 236 valence electrons. The summed E-state index contributed by atoms with van der Waals surface area (Å²) in [7, 11) is 0. The van der Waals surface area contributed by atoms with Crippen LogP contribution < -0.4 is 16.0 Å². The van der Waals surface area contributed by atoms with Gasteiger partial charge in [0.1, 0.15) is 0 Å². The van der Waals surface area contributed by atoms with Crippen molar-refractivity contribution in [2.75, 3.05) is 11.9 Å². The van der Waals surface area contributed by atoms with E-state index in [1.807, 2.05) is 12.1 Å². The first kappa shape index (κ1) is 32.3. The van der Waals surface area contributed by atoms with Gasteiger partial charge < -0.3 is 15.7 Å². The van der Waals surface area contributed by atoms with Gasteiger partial charge in [-0.05, 0) is 77.5 Å². The molecule has 4 N–H and O–H groups in total. The Labute approximate surface area is 265 Å². The normalized spacial score (nSPS) is 14.6. The van der Waals surface area contributed by atoms with Gasteiger partial charge >= 0.3 is 17.5 Å². The third-order valence-electron chi connectivity index (χ3n) is 7.57. The van der Waals surface area contributed by atoms with Gasteiger partial charge in [0.05, 0.1) is 22.7 Å². The van der Waals surface area contributed by atoms with Crippen molar-refractivity contribution in [2.24, 2.45) is 0 Å². The van der Waals surface area contributed by atoms with E-state index in [1.54, 1.807) is 24.3 Å². The first-order valence-electron chi connectivity index (χ1n) is 14.5. The molecule has 5 rings (SSSR count). The molecular formula is C32H31F3N4O4S2. The van der Waals surface area contributed by atoms with Crippen LogP contribution >= 0.6 is 23.1 Å². The molecule has 0 radical (unpaired) electrons. The van der Waals surface area contributed by atoms with Gasteiger partial charge in [0.2, 0.25) is 0 Å². The van der Waals surface area contributed by atoms with Crippen molar-refractivity contribution >= 4 is 56.4 Å². The van der Waals surface area contributed by atoms with Crippen molar-refractivity contribution in [3.8, 4) is 0 Å². The molecule has 45 heavy (non-hydrogen) atoms. The number of fused-ring (bicyclic) bond motifs is 1. The molecule has 1 unspecified atom stereocenters. The maximum Gasteiger partial charge on any atom is 0.446 e. The van der Waals surface area contributed by atoms with Gasteiger partial charge in [-0.15, -0.1) is 0 Å². The van der Waals surface area contributed by atoms with Crippen LogP contribution in [0.15, 0.2) is 71.6 Å². The van der Waals surface area contributed by atoms with E-state index < -0.39 is 29.5 Å². The molecule has 1 heterocycles. The lowest BCUT2D eigenvalue weighted by Gasteiger charge is -2.24. The molecule has 1 aliphatic rings. The third-order valence-corrected chi connectivity index (χ3v) is 9.22. The molecule has 13 heteroatoms. The van der Waals surface area contributed by atoms with E-state index in [4.69, 9.17) is 5.11 Å². The summed E-state index contributed by atoms with van der Waals surface area (Å²) in [5, 5.41) is 17.3. The summed E-state index contributed by atoms with van der Waals surface area (Å²) in [5.74, 6) is -0.909. The molecule has 1 aromatic heterocycles. The molecule has 1 fully saturated rings.